The zero-order valence-electron chi connectivity index (χ0n) is 26.8. The topological polar surface area (TPSA) is 143 Å². The minimum atomic E-state index is -1.56. The molecule has 3 aromatic carbocycles. The second-order valence-electron chi connectivity index (χ2n) is 12.7. The predicted octanol–water partition coefficient (Wildman–Crippen LogP) is 5.49. The molecule has 50 heavy (non-hydrogen) atoms. The number of halogens is 2. The molecule has 0 spiro atoms. The number of aromatic hydroxyl groups is 1. The Labute approximate surface area is 290 Å². The number of hydrazine groups is 1. The van der Waals surface area contributed by atoms with E-state index in [-0.39, 0.29) is 24.3 Å². The van der Waals surface area contributed by atoms with Crippen LogP contribution in [-0.2, 0) is 29.3 Å². The van der Waals surface area contributed by atoms with Crippen molar-refractivity contribution in [3.8, 4) is 11.5 Å². The number of anilines is 1. The van der Waals surface area contributed by atoms with Crippen molar-refractivity contribution in [3.05, 3.63) is 106 Å². The molecule has 7 rings (SSSR count). The quantitative estimate of drug-likeness (QED) is 0.252. The average molecular weight is 700 g/mol. The highest BCUT2D eigenvalue weighted by Gasteiger charge is 2.70. The number of nitrogens with zero attached hydrogens (tertiary/aromatic N) is 2. The highest BCUT2D eigenvalue weighted by atomic mass is 35.5. The second kappa shape index (κ2) is 12.4. The number of allylic oxidation sites excluding steroid dienone is 3. The van der Waals surface area contributed by atoms with Gasteiger partial charge in [-0.25, -0.2) is 9.18 Å². The maximum Gasteiger partial charge on any atom is 0.423 e. The van der Waals surface area contributed by atoms with E-state index in [1.165, 1.54) is 37.4 Å². The number of carbonyl (C=O) groups is 5. The molecule has 0 bridgehead atoms. The zero-order chi connectivity index (χ0) is 35.5. The normalized spacial score (nSPS) is 27.2. The van der Waals surface area contributed by atoms with Gasteiger partial charge in [-0.15, -0.1) is 0 Å². The monoisotopic (exact) mass is 699 g/mol. The number of amides is 5. The van der Waals surface area contributed by atoms with Crippen LogP contribution in [0.5, 0.6) is 11.5 Å². The Morgan fingerprint density at radius 1 is 0.980 bits per heavy atom. The Morgan fingerprint density at radius 3 is 2.38 bits per heavy atom. The summed E-state index contributed by atoms with van der Waals surface area (Å²) < 4.78 is 23.8. The molecular formula is C37H31ClFN3O8. The van der Waals surface area contributed by atoms with Gasteiger partial charge in [-0.1, -0.05) is 53.6 Å². The van der Waals surface area contributed by atoms with E-state index in [1.54, 1.807) is 48.6 Å². The molecule has 5 amide bonds. The van der Waals surface area contributed by atoms with Crippen LogP contribution in [0.4, 0.5) is 14.9 Å². The number of hydrogen-bond acceptors (Lipinski definition) is 9. The predicted molar refractivity (Wildman–Crippen MR) is 178 cm³/mol. The SMILES string of the molecule is COC(=O)N1C(=O)[C@H]2[C@H](CC=C3[C@H]2C[C@H]2C(=O)N(Nc4ccc(F)cc4)C(=O)[C@@]2(c2ccc(Cl)cc2)[C@H]3C=Cc2ccc(O)c(OC)c2)C1=O. The van der Waals surface area contributed by atoms with Crippen molar-refractivity contribution in [2.75, 3.05) is 19.6 Å². The Bertz CT molecular complexity index is 2000. The summed E-state index contributed by atoms with van der Waals surface area (Å²) >= 11 is 6.30. The van der Waals surface area contributed by atoms with Gasteiger partial charge < -0.3 is 14.6 Å². The first-order chi connectivity index (χ1) is 24.0. The number of phenolic OH excluding ortho intramolecular Hbond substituents is 1. The lowest BCUT2D eigenvalue weighted by atomic mass is 9.50. The van der Waals surface area contributed by atoms with Crippen LogP contribution in [0.15, 0.2) is 84.5 Å². The van der Waals surface area contributed by atoms with Crippen LogP contribution < -0.4 is 10.2 Å². The molecule has 1 saturated carbocycles. The van der Waals surface area contributed by atoms with Crippen molar-refractivity contribution in [3.63, 3.8) is 0 Å². The third-order valence-corrected chi connectivity index (χ3v) is 10.6. The van der Waals surface area contributed by atoms with Crippen molar-refractivity contribution in [2.24, 2.45) is 29.6 Å². The lowest BCUT2D eigenvalue weighted by molar-refractivity contribution is -0.140. The molecule has 3 aromatic rings. The van der Waals surface area contributed by atoms with Crippen LogP contribution in [0.3, 0.4) is 0 Å². The van der Waals surface area contributed by atoms with E-state index in [9.17, 15) is 28.7 Å². The summed E-state index contributed by atoms with van der Waals surface area (Å²) in [6.07, 6.45) is 4.41. The van der Waals surface area contributed by atoms with Gasteiger partial charge >= 0.3 is 6.09 Å². The van der Waals surface area contributed by atoms with Crippen LogP contribution in [-0.4, -0.2) is 59.0 Å². The Balaban J connectivity index is 1.42. The molecule has 13 heteroatoms. The molecule has 256 valence electrons. The molecule has 2 N–H and O–H groups in total. The lowest BCUT2D eigenvalue weighted by Crippen LogP contribution is -2.54. The molecule has 6 atom stereocenters. The van der Waals surface area contributed by atoms with Crippen molar-refractivity contribution >= 4 is 53.1 Å². The fourth-order valence-electron chi connectivity index (χ4n) is 8.18. The summed E-state index contributed by atoms with van der Waals surface area (Å²) in [5.74, 6) is -7.33. The number of rotatable bonds is 6. The van der Waals surface area contributed by atoms with Crippen LogP contribution in [0, 0.1) is 35.4 Å². The molecular weight excluding hydrogens is 669 g/mol. The molecule has 3 fully saturated rings. The molecule has 0 unspecified atom stereocenters. The van der Waals surface area contributed by atoms with E-state index in [4.69, 9.17) is 21.1 Å². The van der Waals surface area contributed by atoms with Crippen LogP contribution in [0.25, 0.3) is 6.08 Å². The summed E-state index contributed by atoms with van der Waals surface area (Å²) in [5.41, 5.74) is 3.39. The van der Waals surface area contributed by atoms with Crippen LogP contribution in [0.1, 0.15) is 24.0 Å². The van der Waals surface area contributed by atoms with Crippen molar-refractivity contribution < 1.29 is 42.9 Å². The molecule has 2 heterocycles. The Morgan fingerprint density at radius 2 is 1.70 bits per heavy atom. The Kier molecular flexibility index (Phi) is 8.22. The maximum absolute atomic E-state index is 15.0. The van der Waals surface area contributed by atoms with Gasteiger partial charge in [-0.2, -0.15) is 9.91 Å². The van der Waals surface area contributed by atoms with E-state index in [2.05, 4.69) is 5.43 Å². The highest BCUT2D eigenvalue weighted by Crippen LogP contribution is 2.61. The van der Waals surface area contributed by atoms with Crippen molar-refractivity contribution in [1.29, 1.82) is 0 Å². The molecule has 0 radical (unpaired) electrons. The number of imide groups is 4. The highest BCUT2D eigenvalue weighted by molar-refractivity contribution is 6.30. The van der Waals surface area contributed by atoms with Gasteiger partial charge in [0, 0.05) is 10.9 Å². The first-order valence-corrected chi connectivity index (χ1v) is 16.3. The average Bonchev–Trinajstić information content (AvgIpc) is 3.50. The summed E-state index contributed by atoms with van der Waals surface area (Å²) in [6, 6.07) is 16.6. The number of nitrogens with one attached hydrogen (secondary N) is 1. The summed E-state index contributed by atoms with van der Waals surface area (Å²) in [5, 5.41) is 11.6. The van der Waals surface area contributed by atoms with E-state index < -0.39 is 70.5 Å². The fourth-order valence-corrected chi connectivity index (χ4v) is 8.30. The largest absolute Gasteiger partial charge is 0.504 e. The second-order valence-corrected chi connectivity index (χ2v) is 13.1. The minimum absolute atomic E-state index is 0.00715. The summed E-state index contributed by atoms with van der Waals surface area (Å²) in [6.45, 7) is 0. The van der Waals surface area contributed by atoms with Gasteiger partial charge in [0.05, 0.1) is 43.1 Å². The molecule has 2 aliphatic heterocycles. The number of methoxy groups -OCH3 is 2. The van der Waals surface area contributed by atoms with Gasteiger partial charge in [0.1, 0.15) is 5.82 Å². The number of carbonyl (C=O) groups excluding carboxylic acids is 5. The van der Waals surface area contributed by atoms with Gasteiger partial charge in [0.25, 0.3) is 11.8 Å². The van der Waals surface area contributed by atoms with Gasteiger partial charge in [0.15, 0.2) is 11.5 Å². The smallest absolute Gasteiger partial charge is 0.423 e. The number of fused-ring (bicyclic) bond motifs is 4. The van der Waals surface area contributed by atoms with Crippen molar-refractivity contribution in [2.45, 2.75) is 18.3 Å². The molecule has 2 aliphatic carbocycles. The lowest BCUT2D eigenvalue weighted by Gasteiger charge is -2.49. The zero-order valence-corrected chi connectivity index (χ0v) is 27.6. The van der Waals surface area contributed by atoms with Gasteiger partial charge in [0.2, 0.25) is 11.8 Å². The molecule has 0 aromatic heterocycles. The van der Waals surface area contributed by atoms with E-state index in [1.807, 2.05) is 6.08 Å². The third-order valence-electron chi connectivity index (χ3n) is 10.4. The number of phenols is 1. The molecule has 2 saturated heterocycles. The van der Waals surface area contributed by atoms with Crippen LogP contribution in [0.2, 0.25) is 5.02 Å². The van der Waals surface area contributed by atoms with E-state index in [0.29, 0.717) is 32.3 Å². The number of hydrogen-bond donors (Lipinski definition) is 2. The van der Waals surface area contributed by atoms with E-state index in [0.717, 1.165) is 12.1 Å². The standard InChI is InChI=1S/C37H31ClFN3O8/c1-49-30-17-19(4-16-29(30)43)3-15-27-24-13-14-25-31(34(46)41(32(25)44)36(48)50-2)26(24)18-28-33(45)42(40-23-11-9-22(39)10-12-23)35(47)37(27,28)20-5-7-21(38)8-6-20/h3-13,15-17,25-28,31,40,43H,14,18H2,1-2H3/t25-,26+,27-,28-,31-,37-/m0/s1. The summed E-state index contributed by atoms with van der Waals surface area (Å²) in [7, 11) is 2.50. The van der Waals surface area contributed by atoms with Gasteiger partial charge in [-0.05, 0) is 78.4 Å². The molecule has 11 nitrogen and oxygen atoms in total. The molecule has 4 aliphatic rings. The number of likely N-dealkylation sites (tertiary alicyclic amines) is 1. The first kappa shape index (κ1) is 33.0. The minimum Gasteiger partial charge on any atom is -0.504 e. The fraction of sp³-hybridized carbons (Fsp3) is 0.270. The Hall–Kier alpha value is -5.49. The van der Waals surface area contributed by atoms with Crippen molar-refractivity contribution in [1.82, 2.24) is 9.91 Å². The van der Waals surface area contributed by atoms with Crippen LogP contribution >= 0.6 is 11.6 Å². The number of benzene rings is 3. The first-order valence-electron chi connectivity index (χ1n) is 15.9. The maximum atomic E-state index is 15.0. The summed E-state index contributed by atoms with van der Waals surface area (Å²) in [4.78, 5) is 69.9. The third kappa shape index (κ3) is 4.96. The van der Waals surface area contributed by atoms with Gasteiger partial charge in [-0.3, -0.25) is 24.6 Å². The van der Waals surface area contributed by atoms with E-state index >= 15 is 4.79 Å². The number of ether oxygens (including phenoxy) is 2.